The molecule has 6 heteroatoms. The number of rotatable bonds is 7. The van der Waals surface area contributed by atoms with Crippen molar-refractivity contribution in [1.29, 1.82) is 0 Å². The molecule has 0 saturated heterocycles. The SMILES string of the molecule is Cl.NCc1cc(C(=O)NCCCOC2CCCC2)co1. The van der Waals surface area contributed by atoms with Crippen molar-refractivity contribution in [2.45, 2.75) is 44.8 Å². The van der Waals surface area contributed by atoms with Crippen molar-refractivity contribution >= 4 is 18.3 Å². The molecule has 1 fully saturated rings. The first-order chi connectivity index (χ1) is 9.29. The predicted molar refractivity (Wildman–Crippen MR) is 79.0 cm³/mol. The maximum absolute atomic E-state index is 11.7. The van der Waals surface area contributed by atoms with Gasteiger partial charge >= 0.3 is 0 Å². The van der Waals surface area contributed by atoms with Gasteiger partial charge in [0.15, 0.2) is 0 Å². The van der Waals surface area contributed by atoms with E-state index in [1.807, 2.05) is 0 Å². The fraction of sp³-hybridized carbons (Fsp3) is 0.643. The molecule has 1 amide bonds. The summed E-state index contributed by atoms with van der Waals surface area (Å²) in [7, 11) is 0. The molecule has 0 radical (unpaired) electrons. The van der Waals surface area contributed by atoms with Gasteiger partial charge in [0, 0.05) is 13.2 Å². The van der Waals surface area contributed by atoms with Crippen LogP contribution in [0.25, 0.3) is 0 Å². The lowest BCUT2D eigenvalue weighted by Gasteiger charge is -2.10. The van der Waals surface area contributed by atoms with Crippen molar-refractivity contribution in [2.24, 2.45) is 5.73 Å². The number of nitrogens with one attached hydrogen (secondary N) is 1. The minimum atomic E-state index is -0.121. The summed E-state index contributed by atoms with van der Waals surface area (Å²) in [6.07, 6.45) is 7.65. The van der Waals surface area contributed by atoms with Crippen LogP contribution in [0.5, 0.6) is 0 Å². The first-order valence-corrected chi connectivity index (χ1v) is 6.97. The van der Waals surface area contributed by atoms with E-state index in [1.54, 1.807) is 6.07 Å². The molecule has 20 heavy (non-hydrogen) atoms. The van der Waals surface area contributed by atoms with E-state index < -0.39 is 0 Å². The highest BCUT2D eigenvalue weighted by atomic mass is 35.5. The Morgan fingerprint density at radius 3 is 2.85 bits per heavy atom. The van der Waals surface area contributed by atoms with E-state index in [4.69, 9.17) is 14.9 Å². The van der Waals surface area contributed by atoms with Crippen LogP contribution >= 0.6 is 12.4 Å². The minimum absolute atomic E-state index is 0. The average Bonchev–Trinajstić information content (AvgIpc) is 3.09. The van der Waals surface area contributed by atoms with E-state index in [2.05, 4.69) is 5.32 Å². The van der Waals surface area contributed by atoms with Gasteiger partial charge in [-0.15, -0.1) is 12.4 Å². The van der Waals surface area contributed by atoms with Crippen molar-refractivity contribution in [3.63, 3.8) is 0 Å². The van der Waals surface area contributed by atoms with E-state index in [1.165, 1.54) is 31.9 Å². The average molecular weight is 303 g/mol. The second-order valence-corrected chi connectivity index (χ2v) is 4.89. The molecule has 1 aromatic heterocycles. The van der Waals surface area contributed by atoms with E-state index in [0.717, 1.165) is 6.42 Å². The van der Waals surface area contributed by atoms with E-state index in [-0.39, 0.29) is 18.3 Å². The number of carbonyl (C=O) groups is 1. The second kappa shape index (κ2) is 9.00. The number of ether oxygens (including phenoxy) is 1. The fourth-order valence-corrected chi connectivity index (χ4v) is 2.29. The monoisotopic (exact) mass is 302 g/mol. The van der Waals surface area contributed by atoms with E-state index >= 15 is 0 Å². The zero-order valence-corrected chi connectivity index (χ0v) is 12.4. The van der Waals surface area contributed by atoms with Crippen molar-refractivity contribution < 1.29 is 13.9 Å². The third-order valence-corrected chi connectivity index (χ3v) is 3.38. The van der Waals surface area contributed by atoms with E-state index in [0.29, 0.717) is 37.1 Å². The summed E-state index contributed by atoms with van der Waals surface area (Å²) in [6.45, 7) is 1.64. The topological polar surface area (TPSA) is 77.5 Å². The molecule has 1 heterocycles. The number of carbonyl (C=O) groups excluding carboxylic acids is 1. The van der Waals surface area contributed by atoms with Gasteiger partial charge in [0.2, 0.25) is 0 Å². The zero-order chi connectivity index (χ0) is 13.5. The third kappa shape index (κ3) is 5.15. The normalized spacial score (nSPS) is 15.1. The molecule has 5 nitrogen and oxygen atoms in total. The molecule has 3 N–H and O–H groups in total. The molecule has 0 atom stereocenters. The van der Waals surface area contributed by atoms with Crippen LogP contribution in [-0.4, -0.2) is 25.2 Å². The number of furan rings is 1. The molecule has 1 aliphatic rings. The molecule has 1 aromatic rings. The molecule has 0 spiro atoms. The quantitative estimate of drug-likeness (QED) is 0.757. The lowest BCUT2D eigenvalue weighted by Crippen LogP contribution is -2.25. The van der Waals surface area contributed by atoms with Crippen LogP contribution in [-0.2, 0) is 11.3 Å². The Balaban J connectivity index is 0.00000200. The third-order valence-electron chi connectivity index (χ3n) is 3.38. The van der Waals surface area contributed by atoms with Gasteiger partial charge in [-0.05, 0) is 25.3 Å². The summed E-state index contributed by atoms with van der Waals surface area (Å²) in [5, 5.41) is 2.84. The van der Waals surface area contributed by atoms with Crippen LogP contribution in [0.1, 0.15) is 48.2 Å². The number of amides is 1. The number of halogens is 1. The lowest BCUT2D eigenvalue weighted by atomic mass is 10.3. The molecule has 2 rings (SSSR count). The first-order valence-electron chi connectivity index (χ1n) is 6.97. The summed E-state index contributed by atoms with van der Waals surface area (Å²) in [6, 6.07) is 1.67. The molecular formula is C14H23ClN2O3. The smallest absolute Gasteiger partial charge is 0.254 e. The summed E-state index contributed by atoms with van der Waals surface area (Å²) in [5.74, 6) is 0.499. The Kier molecular flexibility index (Phi) is 7.65. The highest BCUT2D eigenvalue weighted by molar-refractivity contribution is 5.93. The van der Waals surface area contributed by atoms with Crippen molar-refractivity contribution in [1.82, 2.24) is 5.32 Å². The van der Waals surface area contributed by atoms with Gasteiger partial charge in [-0.1, -0.05) is 12.8 Å². The standard InChI is InChI=1S/C14H22N2O3.ClH/c15-9-13-8-11(10-19-13)14(17)16-6-3-7-18-12-4-1-2-5-12;/h8,10,12H,1-7,9,15H2,(H,16,17);1H. The van der Waals surface area contributed by atoms with E-state index in [9.17, 15) is 4.79 Å². The molecule has 114 valence electrons. The Morgan fingerprint density at radius 2 is 2.20 bits per heavy atom. The van der Waals surface area contributed by atoms with Gasteiger partial charge in [-0.2, -0.15) is 0 Å². The lowest BCUT2D eigenvalue weighted by molar-refractivity contribution is 0.0565. The second-order valence-electron chi connectivity index (χ2n) is 4.89. The highest BCUT2D eigenvalue weighted by Crippen LogP contribution is 2.20. The number of hydrogen-bond donors (Lipinski definition) is 2. The summed E-state index contributed by atoms with van der Waals surface area (Å²) >= 11 is 0. The predicted octanol–water partition coefficient (Wildman–Crippen LogP) is 2.24. The molecule has 1 aliphatic carbocycles. The first kappa shape index (κ1) is 17.0. The molecule has 0 unspecified atom stereocenters. The van der Waals surface area contributed by atoms with Gasteiger partial charge in [0.1, 0.15) is 12.0 Å². The molecule has 0 aliphatic heterocycles. The molecule has 1 saturated carbocycles. The van der Waals surface area contributed by atoms with Gasteiger partial charge in [-0.25, -0.2) is 0 Å². The maximum Gasteiger partial charge on any atom is 0.254 e. The molecule has 0 bridgehead atoms. The van der Waals surface area contributed by atoms with Crippen molar-refractivity contribution in [2.75, 3.05) is 13.2 Å². The van der Waals surface area contributed by atoms with Gasteiger partial charge in [-0.3, -0.25) is 4.79 Å². The largest absolute Gasteiger partial charge is 0.467 e. The van der Waals surface area contributed by atoms with Crippen LogP contribution < -0.4 is 11.1 Å². The van der Waals surface area contributed by atoms with Crippen LogP contribution in [0.4, 0.5) is 0 Å². The van der Waals surface area contributed by atoms with Crippen LogP contribution in [0.3, 0.4) is 0 Å². The Labute approximate surface area is 125 Å². The summed E-state index contributed by atoms with van der Waals surface area (Å²) in [4.78, 5) is 11.7. The molecular weight excluding hydrogens is 280 g/mol. The van der Waals surface area contributed by atoms with Crippen LogP contribution in [0.2, 0.25) is 0 Å². The Bertz CT molecular complexity index is 403. The summed E-state index contributed by atoms with van der Waals surface area (Å²) < 4.78 is 10.8. The maximum atomic E-state index is 11.7. The highest BCUT2D eigenvalue weighted by Gasteiger charge is 2.14. The minimum Gasteiger partial charge on any atom is -0.467 e. The van der Waals surface area contributed by atoms with Gasteiger partial charge < -0.3 is 20.2 Å². The number of hydrogen-bond acceptors (Lipinski definition) is 4. The fourth-order valence-electron chi connectivity index (χ4n) is 2.29. The van der Waals surface area contributed by atoms with Gasteiger partial charge in [0.05, 0.1) is 18.2 Å². The van der Waals surface area contributed by atoms with Crippen LogP contribution in [0.15, 0.2) is 16.7 Å². The van der Waals surface area contributed by atoms with Crippen LogP contribution in [0, 0.1) is 0 Å². The van der Waals surface area contributed by atoms with Gasteiger partial charge in [0.25, 0.3) is 5.91 Å². The zero-order valence-electron chi connectivity index (χ0n) is 11.6. The number of nitrogens with two attached hydrogens (primary N) is 1. The van der Waals surface area contributed by atoms with Crippen molar-refractivity contribution in [3.8, 4) is 0 Å². The molecule has 0 aromatic carbocycles. The van der Waals surface area contributed by atoms with Crippen molar-refractivity contribution in [3.05, 3.63) is 23.7 Å². The Hall–Kier alpha value is -1.04. The summed E-state index contributed by atoms with van der Waals surface area (Å²) in [5.41, 5.74) is 5.95. The Morgan fingerprint density at radius 1 is 1.45 bits per heavy atom.